The molecule has 1 fully saturated rings. The van der Waals surface area contributed by atoms with Crippen LogP contribution < -0.4 is 5.73 Å². The number of benzene rings is 1. The number of aromatic nitrogens is 2. The van der Waals surface area contributed by atoms with E-state index in [4.69, 9.17) is 10.3 Å². The molecule has 4 rings (SSSR count). The number of amides is 1. The van der Waals surface area contributed by atoms with Crippen molar-refractivity contribution in [1.82, 2.24) is 15.0 Å². The number of nitrogens with two attached hydrogens (primary N) is 1. The number of carbonyl (C=O) groups is 1. The summed E-state index contributed by atoms with van der Waals surface area (Å²) in [6.07, 6.45) is 1.93. The molecule has 2 atom stereocenters. The summed E-state index contributed by atoms with van der Waals surface area (Å²) >= 11 is 0. The Morgan fingerprint density at radius 2 is 2.11 bits per heavy atom. The highest BCUT2D eigenvalue weighted by atomic mass is 16.5. The second kappa shape index (κ2) is 7.12. The summed E-state index contributed by atoms with van der Waals surface area (Å²) in [5.74, 6) is 0.561. The van der Waals surface area contributed by atoms with Gasteiger partial charge in [0.2, 0.25) is 0 Å². The van der Waals surface area contributed by atoms with Gasteiger partial charge in [-0.15, -0.1) is 0 Å². The Kier molecular flexibility index (Phi) is 4.66. The van der Waals surface area contributed by atoms with Gasteiger partial charge in [-0.2, -0.15) is 0 Å². The van der Waals surface area contributed by atoms with Gasteiger partial charge in [-0.3, -0.25) is 4.79 Å². The van der Waals surface area contributed by atoms with Crippen molar-refractivity contribution in [3.63, 3.8) is 0 Å². The Balaban J connectivity index is 1.82. The first-order valence-electron chi connectivity index (χ1n) is 9.42. The highest BCUT2D eigenvalue weighted by molar-refractivity contribution is 6.07. The molecule has 2 N–H and O–H groups in total. The molecule has 3 heterocycles. The average Bonchev–Trinajstić information content (AvgIpc) is 3.08. The zero-order valence-corrected chi connectivity index (χ0v) is 15.7. The molecular weight excluding hydrogens is 340 g/mol. The van der Waals surface area contributed by atoms with Crippen LogP contribution in [0.2, 0.25) is 0 Å². The summed E-state index contributed by atoms with van der Waals surface area (Å²) < 4.78 is 5.40. The quantitative estimate of drug-likeness (QED) is 0.770. The molecule has 140 valence electrons. The number of rotatable bonds is 3. The summed E-state index contributed by atoms with van der Waals surface area (Å²) in [6, 6.07) is 11.7. The lowest BCUT2D eigenvalue weighted by atomic mass is 9.91. The molecule has 2 unspecified atom stereocenters. The Labute approximate surface area is 158 Å². The number of hydrogen-bond donors (Lipinski definition) is 1. The first-order chi connectivity index (χ1) is 13.1. The fraction of sp³-hybridized carbons (Fsp3) is 0.381. The van der Waals surface area contributed by atoms with Crippen molar-refractivity contribution in [1.29, 1.82) is 0 Å². The third kappa shape index (κ3) is 3.21. The summed E-state index contributed by atoms with van der Waals surface area (Å²) in [5.41, 5.74) is 9.28. The van der Waals surface area contributed by atoms with Crippen LogP contribution in [0.25, 0.3) is 22.4 Å². The second-order valence-electron chi connectivity index (χ2n) is 7.39. The lowest BCUT2D eigenvalue weighted by Gasteiger charge is -2.38. The predicted octanol–water partition coefficient (Wildman–Crippen LogP) is 3.40. The first kappa shape index (κ1) is 17.7. The molecule has 27 heavy (non-hydrogen) atoms. The third-order valence-electron chi connectivity index (χ3n) is 5.43. The fourth-order valence-electron chi connectivity index (χ4n) is 3.92. The molecule has 3 aromatic rings. The number of nitrogens with zero attached hydrogens (tertiary/aromatic N) is 3. The molecule has 0 saturated carbocycles. The summed E-state index contributed by atoms with van der Waals surface area (Å²) in [4.78, 5) is 20.0. The van der Waals surface area contributed by atoms with Gasteiger partial charge in [-0.25, -0.2) is 4.98 Å². The van der Waals surface area contributed by atoms with Crippen molar-refractivity contribution in [2.75, 3.05) is 13.1 Å². The van der Waals surface area contributed by atoms with Crippen molar-refractivity contribution in [3.05, 3.63) is 47.7 Å². The van der Waals surface area contributed by atoms with E-state index in [1.165, 1.54) is 0 Å². The molecule has 1 saturated heterocycles. The minimum Gasteiger partial charge on any atom is -0.335 e. The largest absolute Gasteiger partial charge is 0.335 e. The SMILES string of the molecule is Cc1noc2nc(-c3ccccc3)cc(C(=O)N3CCC(C)CC3CN)c12. The molecule has 1 aliphatic heterocycles. The molecule has 0 spiro atoms. The van der Waals surface area contributed by atoms with Crippen LogP contribution in [0.15, 0.2) is 40.9 Å². The molecular formula is C21H24N4O2. The topological polar surface area (TPSA) is 85.2 Å². The van der Waals surface area contributed by atoms with Crippen LogP contribution in [0.5, 0.6) is 0 Å². The van der Waals surface area contributed by atoms with E-state index in [1.54, 1.807) is 0 Å². The molecule has 6 nitrogen and oxygen atoms in total. The van der Waals surface area contributed by atoms with Gasteiger partial charge in [-0.1, -0.05) is 42.4 Å². The molecule has 1 aliphatic rings. The van der Waals surface area contributed by atoms with E-state index in [0.717, 1.165) is 24.9 Å². The standard InChI is InChI=1S/C21H24N4O2/c1-13-8-9-25(16(10-13)12-22)21(26)17-11-18(15-6-4-3-5-7-15)23-20-19(17)14(2)24-27-20/h3-7,11,13,16H,8-10,12,22H2,1-2H3. The number of carbonyl (C=O) groups excluding carboxylic acids is 1. The third-order valence-corrected chi connectivity index (χ3v) is 5.43. The normalized spacial score (nSPS) is 20.2. The van der Waals surface area contributed by atoms with E-state index in [1.807, 2.05) is 48.2 Å². The number of fused-ring (bicyclic) bond motifs is 1. The highest BCUT2D eigenvalue weighted by Gasteiger charge is 2.31. The summed E-state index contributed by atoms with van der Waals surface area (Å²) in [7, 11) is 0. The van der Waals surface area contributed by atoms with Gasteiger partial charge >= 0.3 is 0 Å². The van der Waals surface area contributed by atoms with Gasteiger partial charge in [-0.05, 0) is 31.7 Å². The fourth-order valence-corrected chi connectivity index (χ4v) is 3.92. The minimum absolute atomic E-state index is 0.0202. The first-order valence-corrected chi connectivity index (χ1v) is 9.42. The lowest BCUT2D eigenvalue weighted by molar-refractivity contribution is 0.0575. The van der Waals surface area contributed by atoms with E-state index < -0.39 is 0 Å². The number of piperidine rings is 1. The van der Waals surface area contributed by atoms with Gasteiger partial charge in [0.25, 0.3) is 11.6 Å². The van der Waals surface area contributed by atoms with Crippen LogP contribution >= 0.6 is 0 Å². The average molecular weight is 364 g/mol. The van der Waals surface area contributed by atoms with E-state index >= 15 is 0 Å². The lowest BCUT2D eigenvalue weighted by Crippen LogP contribution is -2.49. The van der Waals surface area contributed by atoms with Crippen molar-refractivity contribution in [2.24, 2.45) is 11.7 Å². The highest BCUT2D eigenvalue weighted by Crippen LogP contribution is 2.30. The van der Waals surface area contributed by atoms with Crippen LogP contribution in [0.3, 0.4) is 0 Å². The smallest absolute Gasteiger partial charge is 0.259 e. The molecule has 6 heteroatoms. The summed E-state index contributed by atoms with van der Waals surface area (Å²) in [6.45, 7) is 5.24. The van der Waals surface area contributed by atoms with Gasteiger partial charge in [0.1, 0.15) is 0 Å². The Bertz CT molecular complexity index is 967. The zero-order chi connectivity index (χ0) is 19.0. The summed E-state index contributed by atoms with van der Waals surface area (Å²) in [5, 5.41) is 4.73. The van der Waals surface area contributed by atoms with Crippen molar-refractivity contribution in [2.45, 2.75) is 32.7 Å². The van der Waals surface area contributed by atoms with Gasteiger partial charge in [0.15, 0.2) is 0 Å². The Hall–Kier alpha value is -2.73. The molecule has 0 radical (unpaired) electrons. The van der Waals surface area contributed by atoms with Crippen LogP contribution in [-0.2, 0) is 0 Å². The van der Waals surface area contributed by atoms with Crippen molar-refractivity contribution >= 4 is 17.0 Å². The molecule has 0 bridgehead atoms. The minimum atomic E-state index is -0.0202. The maximum Gasteiger partial charge on any atom is 0.259 e. The monoisotopic (exact) mass is 364 g/mol. The van der Waals surface area contributed by atoms with Crippen LogP contribution in [0, 0.1) is 12.8 Å². The predicted molar refractivity (Wildman–Crippen MR) is 104 cm³/mol. The molecule has 1 amide bonds. The Morgan fingerprint density at radius 1 is 1.33 bits per heavy atom. The number of hydrogen-bond acceptors (Lipinski definition) is 5. The van der Waals surface area contributed by atoms with Crippen LogP contribution in [-0.4, -0.2) is 40.1 Å². The number of aryl methyl sites for hydroxylation is 1. The van der Waals surface area contributed by atoms with E-state index in [9.17, 15) is 4.79 Å². The zero-order valence-electron chi connectivity index (χ0n) is 15.7. The van der Waals surface area contributed by atoms with Gasteiger partial charge in [0.05, 0.1) is 22.3 Å². The van der Waals surface area contributed by atoms with Crippen LogP contribution in [0.1, 0.15) is 35.8 Å². The number of likely N-dealkylation sites (tertiary alicyclic amines) is 1. The van der Waals surface area contributed by atoms with Crippen molar-refractivity contribution < 1.29 is 9.32 Å². The van der Waals surface area contributed by atoms with Gasteiger partial charge in [0, 0.05) is 24.7 Å². The van der Waals surface area contributed by atoms with E-state index in [-0.39, 0.29) is 11.9 Å². The maximum absolute atomic E-state index is 13.5. The number of pyridine rings is 1. The van der Waals surface area contributed by atoms with E-state index in [2.05, 4.69) is 17.1 Å². The molecule has 0 aliphatic carbocycles. The van der Waals surface area contributed by atoms with Crippen molar-refractivity contribution in [3.8, 4) is 11.3 Å². The molecule has 2 aromatic heterocycles. The van der Waals surface area contributed by atoms with Gasteiger partial charge < -0.3 is 15.2 Å². The maximum atomic E-state index is 13.5. The Morgan fingerprint density at radius 3 is 2.85 bits per heavy atom. The van der Waals surface area contributed by atoms with E-state index in [0.29, 0.717) is 40.5 Å². The molecule has 1 aromatic carbocycles. The van der Waals surface area contributed by atoms with Crippen LogP contribution in [0.4, 0.5) is 0 Å². The second-order valence-corrected chi connectivity index (χ2v) is 7.39.